The zero-order valence-corrected chi connectivity index (χ0v) is 13.8. The Labute approximate surface area is 144 Å². The van der Waals surface area contributed by atoms with Crippen molar-refractivity contribution in [1.29, 1.82) is 0 Å². The number of nitrogens with zero attached hydrogens (tertiary/aromatic N) is 5. The summed E-state index contributed by atoms with van der Waals surface area (Å²) in [6, 6.07) is 13.7. The van der Waals surface area contributed by atoms with Crippen molar-refractivity contribution in [2.45, 2.75) is 6.54 Å². The first-order valence-electron chi connectivity index (χ1n) is 8.33. The van der Waals surface area contributed by atoms with Gasteiger partial charge in [0, 0.05) is 38.1 Å². The van der Waals surface area contributed by atoms with Gasteiger partial charge in [-0.15, -0.1) is 0 Å². The van der Waals surface area contributed by atoms with Gasteiger partial charge >= 0.3 is 0 Å². The molecule has 1 aliphatic heterocycles. The summed E-state index contributed by atoms with van der Waals surface area (Å²) in [5, 5.41) is 4.09. The van der Waals surface area contributed by atoms with Gasteiger partial charge in [0.1, 0.15) is 18.4 Å². The van der Waals surface area contributed by atoms with Crippen molar-refractivity contribution in [1.82, 2.24) is 19.1 Å². The maximum Gasteiger partial charge on any atom is 0.291 e. The maximum absolute atomic E-state index is 12.5. The zero-order valence-electron chi connectivity index (χ0n) is 13.8. The number of fused-ring (bicyclic) bond motifs is 1. The smallest absolute Gasteiger partial charge is 0.291 e. The second kappa shape index (κ2) is 6.43. The molecular formula is C18H19N5O2. The summed E-state index contributed by atoms with van der Waals surface area (Å²) in [4.78, 5) is 28.9. The molecule has 0 N–H and O–H groups in total. The molecule has 2 aromatic heterocycles. The van der Waals surface area contributed by atoms with Crippen molar-refractivity contribution in [2.24, 2.45) is 0 Å². The number of rotatable bonds is 3. The van der Waals surface area contributed by atoms with Gasteiger partial charge in [-0.05, 0) is 24.3 Å². The van der Waals surface area contributed by atoms with Crippen molar-refractivity contribution in [3.05, 3.63) is 65.3 Å². The zero-order chi connectivity index (χ0) is 17.2. The lowest BCUT2D eigenvalue weighted by Gasteiger charge is -2.36. The van der Waals surface area contributed by atoms with Crippen LogP contribution in [0.25, 0.3) is 5.52 Å². The monoisotopic (exact) mass is 337 g/mol. The third-order valence-electron chi connectivity index (χ3n) is 4.59. The van der Waals surface area contributed by atoms with Crippen LogP contribution in [0.2, 0.25) is 0 Å². The standard InChI is InChI=1S/C18H19N5O2/c24-17(13-23-18(25)16-7-4-8-22(16)14-19-23)21-11-9-20(10-12-21)15-5-2-1-3-6-15/h1-8,14H,9-13H2. The highest BCUT2D eigenvalue weighted by Crippen LogP contribution is 2.15. The topological polar surface area (TPSA) is 62.9 Å². The van der Waals surface area contributed by atoms with Gasteiger partial charge in [-0.1, -0.05) is 18.2 Å². The van der Waals surface area contributed by atoms with Gasteiger partial charge in [0.2, 0.25) is 5.91 Å². The molecule has 1 aromatic carbocycles. The van der Waals surface area contributed by atoms with E-state index >= 15 is 0 Å². The van der Waals surface area contributed by atoms with Gasteiger partial charge in [0.25, 0.3) is 5.56 Å². The van der Waals surface area contributed by atoms with Crippen LogP contribution in [0.4, 0.5) is 5.69 Å². The number of piperazine rings is 1. The average molecular weight is 337 g/mol. The number of para-hydroxylation sites is 1. The van der Waals surface area contributed by atoms with Crippen LogP contribution in [-0.4, -0.2) is 51.2 Å². The molecule has 0 saturated carbocycles. The van der Waals surface area contributed by atoms with E-state index in [0.717, 1.165) is 13.1 Å². The Morgan fingerprint density at radius 2 is 1.76 bits per heavy atom. The minimum Gasteiger partial charge on any atom is -0.368 e. The lowest BCUT2D eigenvalue weighted by molar-refractivity contribution is -0.132. The van der Waals surface area contributed by atoms with E-state index in [2.05, 4.69) is 22.1 Å². The summed E-state index contributed by atoms with van der Waals surface area (Å²) in [6.07, 6.45) is 3.32. The molecular weight excluding hydrogens is 318 g/mol. The molecule has 7 heteroatoms. The van der Waals surface area contributed by atoms with Crippen molar-refractivity contribution < 1.29 is 4.79 Å². The fraction of sp³-hybridized carbons (Fsp3) is 0.278. The van der Waals surface area contributed by atoms with Crippen molar-refractivity contribution in [3.8, 4) is 0 Å². The van der Waals surface area contributed by atoms with Gasteiger partial charge < -0.3 is 14.2 Å². The lowest BCUT2D eigenvalue weighted by atomic mass is 10.2. The number of hydrogen-bond acceptors (Lipinski definition) is 4. The van der Waals surface area contributed by atoms with E-state index in [4.69, 9.17) is 0 Å². The maximum atomic E-state index is 12.5. The van der Waals surface area contributed by atoms with Crippen molar-refractivity contribution >= 4 is 17.1 Å². The third-order valence-corrected chi connectivity index (χ3v) is 4.59. The van der Waals surface area contributed by atoms with Gasteiger partial charge in [-0.25, -0.2) is 4.68 Å². The van der Waals surface area contributed by atoms with E-state index in [1.165, 1.54) is 10.4 Å². The highest BCUT2D eigenvalue weighted by atomic mass is 16.2. The molecule has 4 rings (SSSR count). The highest BCUT2D eigenvalue weighted by Gasteiger charge is 2.22. The van der Waals surface area contributed by atoms with Crippen LogP contribution >= 0.6 is 0 Å². The Hall–Kier alpha value is -3.09. The molecule has 1 aliphatic rings. The van der Waals surface area contributed by atoms with Crippen LogP contribution in [0, 0.1) is 0 Å². The number of aromatic nitrogens is 3. The summed E-state index contributed by atoms with van der Waals surface area (Å²) in [7, 11) is 0. The summed E-state index contributed by atoms with van der Waals surface area (Å²) in [5.74, 6) is -0.0711. The van der Waals surface area contributed by atoms with E-state index in [1.807, 2.05) is 18.2 Å². The van der Waals surface area contributed by atoms with Gasteiger partial charge in [-0.3, -0.25) is 9.59 Å². The SMILES string of the molecule is O=C(Cn1ncn2cccc2c1=O)N1CCN(c2ccccc2)CC1. The Kier molecular flexibility index (Phi) is 3.97. The van der Waals surface area contributed by atoms with Crippen LogP contribution < -0.4 is 10.5 Å². The molecule has 3 heterocycles. The minimum absolute atomic E-state index is 0.0220. The van der Waals surface area contributed by atoms with Gasteiger partial charge in [-0.2, -0.15) is 5.10 Å². The molecule has 0 unspecified atom stereocenters. The van der Waals surface area contributed by atoms with Crippen molar-refractivity contribution in [2.75, 3.05) is 31.1 Å². The molecule has 0 spiro atoms. The van der Waals surface area contributed by atoms with Gasteiger partial charge in [0.15, 0.2) is 0 Å². The molecule has 7 nitrogen and oxygen atoms in total. The molecule has 25 heavy (non-hydrogen) atoms. The fourth-order valence-electron chi connectivity index (χ4n) is 3.17. The number of amides is 1. The molecule has 1 saturated heterocycles. The van der Waals surface area contributed by atoms with Crippen LogP contribution in [0.1, 0.15) is 0 Å². The number of anilines is 1. The minimum atomic E-state index is -0.247. The van der Waals surface area contributed by atoms with E-state index in [0.29, 0.717) is 18.6 Å². The predicted octanol–water partition coefficient (Wildman–Crippen LogP) is 0.845. The van der Waals surface area contributed by atoms with Crippen molar-refractivity contribution in [3.63, 3.8) is 0 Å². The summed E-state index contributed by atoms with van der Waals surface area (Å²) >= 11 is 0. The third kappa shape index (κ3) is 3.00. The Morgan fingerprint density at radius 3 is 2.52 bits per heavy atom. The van der Waals surface area contributed by atoms with E-state index in [1.54, 1.807) is 34.0 Å². The lowest BCUT2D eigenvalue weighted by Crippen LogP contribution is -2.50. The number of carbonyl (C=O) groups excluding carboxylic acids is 1. The normalized spacial score (nSPS) is 14.9. The highest BCUT2D eigenvalue weighted by molar-refractivity contribution is 5.76. The van der Waals surface area contributed by atoms with Crippen LogP contribution in [0.5, 0.6) is 0 Å². The second-order valence-corrected chi connectivity index (χ2v) is 6.10. The number of hydrogen-bond donors (Lipinski definition) is 0. The molecule has 1 fully saturated rings. The quantitative estimate of drug-likeness (QED) is 0.711. The summed E-state index contributed by atoms with van der Waals surface area (Å²) < 4.78 is 2.89. The molecule has 0 radical (unpaired) electrons. The van der Waals surface area contributed by atoms with Crippen LogP contribution in [-0.2, 0) is 11.3 Å². The summed E-state index contributed by atoms with van der Waals surface area (Å²) in [5.41, 5.74) is 1.45. The molecule has 0 atom stereocenters. The molecule has 128 valence electrons. The first-order chi connectivity index (χ1) is 12.2. The van der Waals surface area contributed by atoms with Gasteiger partial charge in [0.05, 0.1) is 0 Å². The average Bonchev–Trinajstić information content (AvgIpc) is 3.14. The van der Waals surface area contributed by atoms with E-state index < -0.39 is 0 Å². The largest absolute Gasteiger partial charge is 0.368 e. The Bertz CT molecular complexity index is 939. The Morgan fingerprint density at radius 1 is 1.00 bits per heavy atom. The first-order valence-corrected chi connectivity index (χ1v) is 8.33. The van der Waals surface area contributed by atoms with Crippen LogP contribution in [0.3, 0.4) is 0 Å². The van der Waals surface area contributed by atoms with Crippen LogP contribution in [0.15, 0.2) is 59.8 Å². The predicted molar refractivity (Wildman–Crippen MR) is 94.7 cm³/mol. The first kappa shape index (κ1) is 15.4. The number of carbonyl (C=O) groups is 1. The molecule has 3 aromatic rings. The second-order valence-electron chi connectivity index (χ2n) is 6.10. The fourth-order valence-corrected chi connectivity index (χ4v) is 3.17. The Balaban J connectivity index is 1.42. The number of benzene rings is 1. The molecule has 0 aliphatic carbocycles. The molecule has 0 bridgehead atoms. The van der Waals surface area contributed by atoms with E-state index in [9.17, 15) is 9.59 Å². The summed E-state index contributed by atoms with van der Waals surface area (Å²) in [6.45, 7) is 2.85. The molecule has 1 amide bonds. The van der Waals surface area contributed by atoms with E-state index in [-0.39, 0.29) is 18.0 Å².